The fourth-order valence-corrected chi connectivity index (χ4v) is 3.91. The van der Waals surface area contributed by atoms with Gasteiger partial charge in [-0.05, 0) is 71.0 Å². The summed E-state index contributed by atoms with van der Waals surface area (Å²) < 4.78 is 5.89. The van der Waals surface area contributed by atoms with Gasteiger partial charge in [0.2, 0.25) is 0 Å². The molecule has 0 unspecified atom stereocenters. The highest BCUT2D eigenvalue weighted by atomic mass is 16.5. The van der Waals surface area contributed by atoms with Crippen molar-refractivity contribution < 1.29 is 19.7 Å². The van der Waals surface area contributed by atoms with Gasteiger partial charge in [-0.25, -0.2) is 0 Å². The van der Waals surface area contributed by atoms with E-state index in [9.17, 15) is 15.0 Å². The van der Waals surface area contributed by atoms with Gasteiger partial charge in [-0.15, -0.1) is 0 Å². The van der Waals surface area contributed by atoms with Gasteiger partial charge in [-0.2, -0.15) is 0 Å². The molecule has 0 aliphatic heterocycles. The van der Waals surface area contributed by atoms with E-state index in [2.05, 4.69) is 22.1 Å². The van der Waals surface area contributed by atoms with E-state index < -0.39 is 12.1 Å². The molecule has 1 aromatic heterocycles. The van der Waals surface area contributed by atoms with Crippen LogP contribution in [0.3, 0.4) is 0 Å². The number of amides is 1. The van der Waals surface area contributed by atoms with Gasteiger partial charge in [0.1, 0.15) is 5.75 Å². The smallest absolute Gasteiger partial charge is 0.255 e. The number of para-hydroxylation sites is 1. The number of hydrogen-bond acceptors (Lipinski definition) is 5. The minimum atomic E-state index is -0.464. The maximum absolute atomic E-state index is 13.3. The zero-order chi connectivity index (χ0) is 26.2. The van der Waals surface area contributed by atoms with E-state index in [1.807, 2.05) is 69.2 Å². The van der Waals surface area contributed by atoms with Crippen molar-refractivity contribution in [2.45, 2.75) is 58.4 Å². The van der Waals surface area contributed by atoms with E-state index in [4.69, 9.17) is 4.74 Å². The van der Waals surface area contributed by atoms with Crippen LogP contribution in [0.1, 0.15) is 49.2 Å². The Morgan fingerprint density at radius 3 is 2.61 bits per heavy atom. The van der Waals surface area contributed by atoms with E-state index in [1.54, 1.807) is 19.1 Å². The maximum atomic E-state index is 13.3. The lowest BCUT2D eigenvalue weighted by Crippen LogP contribution is -2.39. The lowest BCUT2D eigenvalue weighted by Gasteiger charge is -2.24. The normalized spacial score (nSPS) is 13.8. The molecule has 1 heterocycles. The fourth-order valence-electron chi connectivity index (χ4n) is 3.91. The number of likely N-dealkylation sites (N-methyl/N-ethyl adjacent to an activating group) is 1. The van der Waals surface area contributed by atoms with Crippen LogP contribution < -0.4 is 10.1 Å². The van der Waals surface area contributed by atoms with Crippen LogP contribution in [0.4, 0.5) is 0 Å². The molecule has 0 saturated carbocycles. The summed E-state index contributed by atoms with van der Waals surface area (Å²) in [5.41, 5.74) is 3.10. The van der Waals surface area contributed by atoms with Gasteiger partial charge in [0.05, 0.1) is 37.0 Å². The topological polar surface area (TPSA) is 97.8 Å². The summed E-state index contributed by atoms with van der Waals surface area (Å²) in [6.07, 6.45) is 1.84. The predicted octanol–water partition coefficient (Wildman–Crippen LogP) is 3.34. The summed E-state index contributed by atoms with van der Waals surface area (Å²) in [5, 5.41) is 23.8. The highest BCUT2D eigenvalue weighted by Crippen LogP contribution is 2.23. The minimum absolute atomic E-state index is 0.0185. The van der Waals surface area contributed by atoms with Gasteiger partial charge in [-0.3, -0.25) is 9.69 Å². The van der Waals surface area contributed by atoms with Gasteiger partial charge in [-0.1, -0.05) is 30.0 Å². The number of rotatable bonds is 10. The quantitative estimate of drug-likeness (QED) is 0.326. The molecule has 0 saturated heterocycles. The Hall–Kier alpha value is -3.31. The van der Waals surface area contributed by atoms with Crippen LogP contribution in [0.2, 0.25) is 0 Å². The number of aliphatic hydroxyl groups excluding tert-OH is 2. The summed E-state index contributed by atoms with van der Waals surface area (Å²) in [4.78, 5) is 18.5. The van der Waals surface area contributed by atoms with E-state index in [0.29, 0.717) is 29.8 Å². The minimum Gasteiger partial charge on any atom is -0.490 e. The third-order valence-corrected chi connectivity index (χ3v) is 6.24. The van der Waals surface area contributed by atoms with Gasteiger partial charge < -0.3 is 25.3 Å². The molecule has 7 heteroatoms. The zero-order valence-electron chi connectivity index (χ0n) is 21.7. The molecule has 3 aromatic rings. The van der Waals surface area contributed by atoms with Crippen LogP contribution in [0, 0.1) is 11.8 Å². The number of fused-ring (bicyclic) bond motifs is 1. The monoisotopic (exact) mass is 491 g/mol. The molecule has 36 heavy (non-hydrogen) atoms. The molecule has 0 aliphatic rings. The first-order chi connectivity index (χ1) is 17.2. The summed E-state index contributed by atoms with van der Waals surface area (Å²) in [5.74, 6) is 6.36. The van der Waals surface area contributed by atoms with Crippen molar-refractivity contribution in [2.75, 3.05) is 20.2 Å². The average molecular weight is 492 g/mol. The molecule has 0 spiro atoms. The first kappa shape index (κ1) is 27.3. The average Bonchev–Trinajstić information content (AvgIpc) is 3.26. The Balaban J connectivity index is 1.78. The lowest BCUT2D eigenvalue weighted by molar-refractivity contribution is 0.0910. The number of aliphatic hydroxyl groups is 2. The van der Waals surface area contributed by atoms with Crippen molar-refractivity contribution in [1.82, 2.24) is 15.2 Å². The van der Waals surface area contributed by atoms with E-state index >= 15 is 0 Å². The molecule has 3 atom stereocenters. The predicted molar refractivity (Wildman–Crippen MR) is 143 cm³/mol. The first-order valence-electron chi connectivity index (χ1n) is 12.3. The summed E-state index contributed by atoms with van der Waals surface area (Å²) in [7, 11) is 1.91. The second-order valence-corrected chi connectivity index (χ2v) is 9.49. The van der Waals surface area contributed by atoms with Crippen molar-refractivity contribution in [2.24, 2.45) is 0 Å². The molecule has 0 aliphatic carbocycles. The molecule has 4 N–H and O–H groups in total. The zero-order valence-corrected chi connectivity index (χ0v) is 21.7. The Morgan fingerprint density at radius 2 is 1.92 bits per heavy atom. The number of aromatic amines is 1. The van der Waals surface area contributed by atoms with Crippen molar-refractivity contribution in [1.29, 1.82) is 0 Å². The third kappa shape index (κ3) is 7.11. The largest absolute Gasteiger partial charge is 0.490 e. The molecule has 0 radical (unpaired) electrons. The fraction of sp³-hybridized carbons (Fsp3) is 0.414. The number of benzene rings is 2. The number of carbonyl (C=O) groups excluding carboxylic acids is 1. The summed E-state index contributed by atoms with van der Waals surface area (Å²) >= 11 is 0. The molecule has 2 aromatic carbocycles. The van der Waals surface area contributed by atoms with E-state index in [0.717, 1.165) is 16.5 Å². The number of aromatic nitrogens is 1. The van der Waals surface area contributed by atoms with Crippen LogP contribution in [-0.4, -0.2) is 70.5 Å². The number of hydrogen-bond donors (Lipinski definition) is 4. The van der Waals surface area contributed by atoms with Crippen LogP contribution in [0.15, 0.2) is 48.7 Å². The van der Waals surface area contributed by atoms with Crippen LogP contribution in [-0.2, 0) is 6.42 Å². The number of ether oxygens (including phenoxy) is 1. The van der Waals surface area contributed by atoms with Crippen LogP contribution in [0.5, 0.6) is 5.75 Å². The van der Waals surface area contributed by atoms with Gasteiger partial charge in [0.15, 0.2) is 0 Å². The number of carbonyl (C=O) groups is 1. The molecule has 0 fully saturated rings. The molecule has 192 valence electrons. The van der Waals surface area contributed by atoms with E-state index in [1.165, 1.54) is 0 Å². The molecular weight excluding hydrogens is 454 g/mol. The van der Waals surface area contributed by atoms with E-state index in [-0.39, 0.29) is 24.7 Å². The third-order valence-electron chi connectivity index (χ3n) is 6.24. The Morgan fingerprint density at radius 1 is 1.17 bits per heavy atom. The van der Waals surface area contributed by atoms with Gasteiger partial charge >= 0.3 is 0 Å². The molecular formula is C29H37N3O4. The van der Waals surface area contributed by atoms with Crippen molar-refractivity contribution >= 4 is 16.8 Å². The second-order valence-electron chi connectivity index (χ2n) is 9.49. The van der Waals surface area contributed by atoms with Gasteiger partial charge in [0.25, 0.3) is 5.91 Å². The number of H-pyrrole nitrogens is 1. The first-order valence-corrected chi connectivity index (χ1v) is 12.3. The van der Waals surface area contributed by atoms with Crippen LogP contribution in [0.25, 0.3) is 10.9 Å². The molecule has 3 rings (SSSR count). The summed E-state index contributed by atoms with van der Waals surface area (Å²) in [6.45, 7) is 7.80. The van der Waals surface area contributed by atoms with Crippen molar-refractivity contribution in [3.63, 3.8) is 0 Å². The SMILES string of the molecule is CC(C)Oc1ccc(C#CCN(C)[C@H](C)[C@@H](C)O)cc1C(=O)N[C@@H](CO)Cc1c[nH]c2ccccc12. The maximum Gasteiger partial charge on any atom is 0.255 e. The molecule has 0 bridgehead atoms. The van der Waals surface area contributed by atoms with Crippen molar-refractivity contribution in [3.8, 4) is 17.6 Å². The highest BCUT2D eigenvalue weighted by molar-refractivity contribution is 5.97. The van der Waals surface area contributed by atoms with Crippen molar-refractivity contribution in [3.05, 3.63) is 65.4 Å². The molecule has 1 amide bonds. The Labute approximate surface area is 213 Å². The standard InChI is InChI=1S/C29H37N3O4/c1-19(2)36-28-13-12-22(9-8-14-32(5)20(3)21(4)34)15-26(28)29(35)31-24(18-33)16-23-17-30-27-11-7-6-10-25(23)27/h6-7,10-13,15,17,19-21,24,30,33-34H,14,16,18H2,1-5H3,(H,31,35)/t20-,21-,24-/m1/s1. The number of nitrogens with one attached hydrogen (secondary N) is 2. The highest BCUT2D eigenvalue weighted by Gasteiger charge is 2.20. The Bertz CT molecular complexity index is 1220. The Kier molecular flexibility index (Phi) is 9.54. The molecule has 7 nitrogen and oxygen atoms in total. The number of nitrogens with zero attached hydrogens (tertiary/aromatic N) is 1. The van der Waals surface area contributed by atoms with Crippen LogP contribution >= 0.6 is 0 Å². The summed E-state index contributed by atoms with van der Waals surface area (Å²) in [6, 6.07) is 12.8. The lowest BCUT2D eigenvalue weighted by atomic mass is 10.0. The van der Waals surface area contributed by atoms with Gasteiger partial charge in [0, 0.05) is 28.7 Å². The second kappa shape index (κ2) is 12.6.